The van der Waals surface area contributed by atoms with Gasteiger partial charge in [-0.15, -0.1) is 11.3 Å². The van der Waals surface area contributed by atoms with Crippen molar-refractivity contribution in [3.63, 3.8) is 0 Å². The van der Waals surface area contributed by atoms with E-state index in [1.807, 2.05) is 26.2 Å². The Morgan fingerprint density at radius 3 is 2.43 bits per heavy atom. The van der Waals surface area contributed by atoms with Crippen LogP contribution in [0.5, 0.6) is 0 Å². The Hall–Kier alpha value is -2.67. The highest BCUT2D eigenvalue weighted by atomic mass is 32.1. The zero-order valence-electron chi connectivity index (χ0n) is 15.6. The summed E-state index contributed by atoms with van der Waals surface area (Å²) >= 11 is 1.29. The number of rotatable bonds is 4. The molecule has 0 saturated carbocycles. The molecule has 1 N–H and O–H groups in total. The number of aromatic nitrogens is 1. The van der Waals surface area contributed by atoms with Crippen molar-refractivity contribution in [2.24, 2.45) is 0 Å². The van der Waals surface area contributed by atoms with Crippen molar-refractivity contribution in [1.29, 1.82) is 0 Å². The number of nitrogens with zero attached hydrogens (tertiary/aromatic N) is 1. The van der Waals surface area contributed by atoms with Gasteiger partial charge in [-0.25, -0.2) is 4.98 Å². The lowest BCUT2D eigenvalue weighted by molar-refractivity contribution is -0.137. The molecule has 0 unspecified atom stereocenters. The van der Waals surface area contributed by atoms with E-state index in [9.17, 15) is 18.0 Å². The van der Waals surface area contributed by atoms with Gasteiger partial charge in [0.15, 0.2) is 5.13 Å². The van der Waals surface area contributed by atoms with Crippen LogP contribution in [-0.2, 0) is 17.4 Å². The average Bonchev–Trinajstić information content (AvgIpc) is 3.01. The van der Waals surface area contributed by atoms with E-state index in [0.717, 1.165) is 34.5 Å². The van der Waals surface area contributed by atoms with Crippen molar-refractivity contribution in [3.8, 4) is 11.3 Å². The third-order valence-corrected chi connectivity index (χ3v) is 5.06. The zero-order chi connectivity index (χ0) is 20.5. The standard InChI is InChI=1S/C21H19F3N2OS/c1-12-7-13(2)19(14(3)8-12)17-11-28-20(25-17)26-18(27)10-15-5-4-6-16(9-15)21(22,23)24/h4-9,11H,10H2,1-3H3,(H,25,26,27). The molecule has 146 valence electrons. The first-order chi connectivity index (χ1) is 13.1. The molecule has 3 nitrogen and oxygen atoms in total. The smallest absolute Gasteiger partial charge is 0.302 e. The van der Waals surface area contributed by atoms with Crippen molar-refractivity contribution < 1.29 is 18.0 Å². The second-order valence-corrected chi connectivity index (χ2v) is 7.59. The summed E-state index contributed by atoms with van der Waals surface area (Å²) in [5.41, 5.74) is 4.71. The molecule has 0 aliphatic heterocycles. The monoisotopic (exact) mass is 404 g/mol. The number of nitrogens with one attached hydrogen (secondary N) is 1. The lowest BCUT2D eigenvalue weighted by atomic mass is 9.98. The van der Waals surface area contributed by atoms with Crippen LogP contribution in [0.25, 0.3) is 11.3 Å². The first-order valence-electron chi connectivity index (χ1n) is 8.63. The molecule has 0 aliphatic rings. The predicted octanol–water partition coefficient (Wildman–Crippen LogP) is 5.94. The van der Waals surface area contributed by atoms with Crippen LogP contribution in [0.4, 0.5) is 18.3 Å². The molecule has 0 spiro atoms. The molecular weight excluding hydrogens is 385 g/mol. The van der Waals surface area contributed by atoms with Crippen LogP contribution in [0.2, 0.25) is 0 Å². The average molecular weight is 404 g/mol. The van der Waals surface area contributed by atoms with Crippen LogP contribution in [0, 0.1) is 20.8 Å². The number of carbonyl (C=O) groups is 1. The number of alkyl halides is 3. The molecule has 7 heteroatoms. The summed E-state index contributed by atoms with van der Waals surface area (Å²) in [6.45, 7) is 6.06. The van der Waals surface area contributed by atoms with Crippen LogP contribution in [0.3, 0.4) is 0 Å². The number of aryl methyl sites for hydroxylation is 3. The molecule has 1 amide bonds. The Labute approximate surface area is 165 Å². The highest BCUT2D eigenvalue weighted by Crippen LogP contribution is 2.32. The van der Waals surface area contributed by atoms with Gasteiger partial charge in [-0.05, 0) is 43.5 Å². The first-order valence-corrected chi connectivity index (χ1v) is 9.51. The third-order valence-electron chi connectivity index (χ3n) is 4.30. The Bertz CT molecular complexity index is 1000. The van der Waals surface area contributed by atoms with Crippen LogP contribution in [0.15, 0.2) is 41.8 Å². The number of benzene rings is 2. The zero-order valence-corrected chi connectivity index (χ0v) is 16.5. The van der Waals surface area contributed by atoms with Crippen LogP contribution >= 0.6 is 11.3 Å². The minimum Gasteiger partial charge on any atom is -0.302 e. The van der Waals surface area contributed by atoms with Gasteiger partial charge in [0.25, 0.3) is 0 Å². The molecule has 1 aromatic heterocycles. The van der Waals surface area contributed by atoms with Gasteiger partial charge in [-0.1, -0.05) is 35.9 Å². The number of carbonyl (C=O) groups excluding carboxylic acids is 1. The van der Waals surface area contributed by atoms with Crippen molar-refractivity contribution >= 4 is 22.4 Å². The molecule has 0 atom stereocenters. The number of hydrogen-bond acceptors (Lipinski definition) is 3. The molecule has 2 aromatic carbocycles. The van der Waals surface area contributed by atoms with E-state index in [1.54, 1.807) is 0 Å². The van der Waals surface area contributed by atoms with Gasteiger partial charge < -0.3 is 5.32 Å². The van der Waals surface area contributed by atoms with Gasteiger partial charge in [0, 0.05) is 10.9 Å². The van der Waals surface area contributed by atoms with E-state index in [0.29, 0.717) is 10.7 Å². The highest BCUT2D eigenvalue weighted by molar-refractivity contribution is 7.14. The maximum Gasteiger partial charge on any atom is 0.416 e. The van der Waals surface area contributed by atoms with Gasteiger partial charge >= 0.3 is 6.18 Å². The van der Waals surface area contributed by atoms with E-state index < -0.39 is 17.6 Å². The van der Waals surface area contributed by atoms with E-state index >= 15 is 0 Å². The number of hydrogen-bond donors (Lipinski definition) is 1. The lowest BCUT2D eigenvalue weighted by Crippen LogP contribution is -2.15. The second kappa shape index (κ2) is 7.75. The minimum absolute atomic E-state index is 0.151. The minimum atomic E-state index is -4.43. The summed E-state index contributed by atoms with van der Waals surface area (Å²) in [5.74, 6) is -0.405. The summed E-state index contributed by atoms with van der Waals surface area (Å²) < 4.78 is 38.4. The number of amides is 1. The van der Waals surface area contributed by atoms with E-state index in [4.69, 9.17) is 0 Å². The van der Waals surface area contributed by atoms with Crippen LogP contribution in [0.1, 0.15) is 27.8 Å². The SMILES string of the molecule is Cc1cc(C)c(-c2csc(NC(=O)Cc3cccc(C(F)(F)F)c3)n2)c(C)c1. The fraction of sp³-hybridized carbons (Fsp3) is 0.238. The van der Waals surface area contributed by atoms with Gasteiger partial charge in [0.2, 0.25) is 5.91 Å². The summed E-state index contributed by atoms with van der Waals surface area (Å²) in [6.07, 6.45) is -4.58. The third kappa shape index (κ3) is 4.59. The first kappa shape index (κ1) is 20.1. The Balaban J connectivity index is 1.73. The van der Waals surface area contributed by atoms with E-state index in [-0.39, 0.29) is 6.42 Å². The molecule has 0 fully saturated rings. The Morgan fingerprint density at radius 2 is 1.79 bits per heavy atom. The lowest BCUT2D eigenvalue weighted by Gasteiger charge is -2.09. The second-order valence-electron chi connectivity index (χ2n) is 6.73. The van der Waals surface area contributed by atoms with Gasteiger partial charge in [-0.2, -0.15) is 13.2 Å². The molecule has 0 bridgehead atoms. The molecule has 3 rings (SSSR count). The van der Waals surface area contributed by atoms with E-state index in [2.05, 4.69) is 22.4 Å². The Kier molecular flexibility index (Phi) is 5.56. The number of thiazole rings is 1. The van der Waals surface area contributed by atoms with Gasteiger partial charge in [0.1, 0.15) is 0 Å². The van der Waals surface area contributed by atoms with Crippen molar-refractivity contribution in [2.45, 2.75) is 33.4 Å². The Morgan fingerprint density at radius 1 is 1.11 bits per heavy atom. The summed E-state index contributed by atoms with van der Waals surface area (Å²) in [5, 5.41) is 4.96. The topological polar surface area (TPSA) is 42.0 Å². The molecular formula is C21H19F3N2OS. The largest absolute Gasteiger partial charge is 0.416 e. The van der Waals surface area contributed by atoms with Gasteiger partial charge in [-0.3, -0.25) is 4.79 Å². The van der Waals surface area contributed by atoms with Crippen molar-refractivity contribution in [3.05, 3.63) is 69.6 Å². The predicted molar refractivity (Wildman–Crippen MR) is 106 cm³/mol. The van der Waals surface area contributed by atoms with E-state index in [1.165, 1.54) is 29.0 Å². The normalized spacial score (nSPS) is 11.5. The molecule has 0 saturated heterocycles. The maximum absolute atomic E-state index is 12.8. The fourth-order valence-electron chi connectivity index (χ4n) is 3.24. The highest BCUT2D eigenvalue weighted by Gasteiger charge is 2.30. The van der Waals surface area contributed by atoms with Crippen molar-refractivity contribution in [2.75, 3.05) is 5.32 Å². The molecule has 1 heterocycles. The fourth-order valence-corrected chi connectivity index (χ4v) is 3.95. The van der Waals surface area contributed by atoms with Crippen LogP contribution in [-0.4, -0.2) is 10.9 Å². The quantitative estimate of drug-likeness (QED) is 0.585. The summed E-state index contributed by atoms with van der Waals surface area (Å²) in [6, 6.07) is 8.94. The summed E-state index contributed by atoms with van der Waals surface area (Å²) in [4.78, 5) is 16.7. The number of anilines is 1. The number of halogens is 3. The molecule has 28 heavy (non-hydrogen) atoms. The molecule has 3 aromatic rings. The molecule has 0 radical (unpaired) electrons. The maximum atomic E-state index is 12.8. The summed E-state index contributed by atoms with van der Waals surface area (Å²) in [7, 11) is 0. The molecule has 0 aliphatic carbocycles. The van der Waals surface area contributed by atoms with Gasteiger partial charge in [0.05, 0.1) is 17.7 Å². The van der Waals surface area contributed by atoms with Crippen molar-refractivity contribution in [1.82, 2.24) is 4.98 Å². The van der Waals surface area contributed by atoms with Crippen LogP contribution < -0.4 is 5.32 Å².